The summed E-state index contributed by atoms with van der Waals surface area (Å²) in [6, 6.07) is -0.621. The van der Waals surface area contributed by atoms with Crippen LogP contribution in [0.5, 0.6) is 0 Å². The quantitative estimate of drug-likeness (QED) is 0.807. The van der Waals surface area contributed by atoms with Crippen LogP contribution in [0.2, 0.25) is 0 Å². The molecule has 2 amide bonds. The third-order valence-corrected chi connectivity index (χ3v) is 4.27. The smallest absolute Gasteiger partial charge is 0.326 e. The fraction of sp³-hybridized carbons (Fsp3) is 0.846. The Kier molecular flexibility index (Phi) is 4.09. The molecule has 1 saturated carbocycles. The molecule has 1 aliphatic carbocycles. The van der Waals surface area contributed by atoms with Crippen LogP contribution < -0.4 is 5.32 Å². The van der Waals surface area contributed by atoms with Gasteiger partial charge in [-0.15, -0.1) is 0 Å². The van der Waals surface area contributed by atoms with Crippen molar-refractivity contribution in [3.05, 3.63) is 0 Å². The molecule has 0 aromatic heterocycles. The van der Waals surface area contributed by atoms with Gasteiger partial charge in [0.25, 0.3) is 0 Å². The van der Waals surface area contributed by atoms with E-state index in [1.54, 1.807) is 6.92 Å². The van der Waals surface area contributed by atoms with Crippen LogP contribution in [0, 0.1) is 5.92 Å². The maximum absolute atomic E-state index is 12.1. The van der Waals surface area contributed by atoms with Crippen LogP contribution >= 0.6 is 0 Å². The summed E-state index contributed by atoms with van der Waals surface area (Å²) in [6.07, 6.45) is 6.22. The van der Waals surface area contributed by atoms with Crippen LogP contribution in [-0.2, 0) is 4.79 Å². The van der Waals surface area contributed by atoms with E-state index in [0.29, 0.717) is 18.4 Å². The molecule has 102 valence electrons. The first-order valence-corrected chi connectivity index (χ1v) is 6.93. The topological polar surface area (TPSA) is 69.6 Å². The molecule has 3 unspecified atom stereocenters. The monoisotopic (exact) mass is 254 g/mol. The summed E-state index contributed by atoms with van der Waals surface area (Å²) in [5.41, 5.74) is 0. The summed E-state index contributed by atoms with van der Waals surface area (Å²) in [6.45, 7) is 2.55. The molecule has 2 fully saturated rings. The Morgan fingerprint density at radius 2 is 2.06 bits per heavy atom. The lowest BCUT2D eigenvalue weighted by atomic mass is 9.85. The highest BCUT2D eigenvalue weighted by Gasteiger charge is 2.38. The summed E-state index contributed by atoms with van der Waals surface area (Å²) in [4.78, 5) is 24.9. The Hall–Kier alpha value is -1.26. The number of nitrogens with one attached hydrogen (secondary N) is 1. The third-order valence-electron chi connectivity index (χ3n) is 4.27. The van der Waals surface area contributed by atoms with E-state index in [-0.39, 0.29) is 6.03 Å². The Morgan fingerprint density at radius 1 is 1.33 bits per heavy atom. The molecule has 3 atom stereocenters. The Balaban J connectivity index is 1.94. The van der Waals surface area contributed by atoms with Crippen molar-refractivity contribution < 1.29 is 14.7 Å². The molecule has 18 heavy (non-hydrogen) atoms. The number of rotatable bonds is 3. The molecule has 2 rings (SSSR count). The summed E-state index contributed by atoms with van der Waals surface area (Å²) < 4.78 is 0. The van der Waals surface area contributed by atoms with Crippen molar-refractivity contribution in [2.24, 2.45) is 5.92 Å². The molecule has 5 heteroatoms. The molecule has 1 aliphatic heterocycles. The van der Waals surface area contributed by atoms with Gasteiger partial charge in [-0.3, -0.25) is 0 Å². The highest BCUT2D eigenvalue weighted by atomic mass is 16.4. The molecule has 0 aromatic rings. The number of hydrogen-bond donors (Lipinski definition) is 2. The second-order valence-electron chi connectivity index (χ2n) is 5.34. The SMILES string of the molecule is CCC(NC(=O)N1CCC2CCCCC21)C(=O)O. The van der Waals surface area contributed by atoms with Crippen LogP contribution in [0.1, 0.15) is 45.4 Å². The van der Waals surface area contributed by atoms with Gasteiger partial charge in [-0.1, -0.05) is 19.8 Å². The molecule has 0 spiro atoms. The molecule has 1 saturated heterocycles. The zero-order chi connectivity index (χ0) is 13.1. The Bertz CT molecular complexity index is 332. The summed E-state index contributed by atoms with van der Waals surface area (Å²) in [5.74, 6) is -0.320. The van der Waals surface area contributed by atoms with Gasteiger partial charge in [0.2, 0.25) is 0 Å². The summed E-state index contributed by atoms with van der Waals surface area (Å²) in [7, 11) is 0. The number of likely N-dealkylation sites (tertiary alicyclic amines) is 1. The number of hydrogen-bond acceptors (Lipinski definition) is 2. The predicted octanol–water partition coefficient (Wildman–Crippen LogP) is 1.82. The third kappa shape index (κ3) is 2.60. The van der Waals surface area contributed by atoms with E-state index in [4.69, 9.17) is 5.11 Å². The van der Waals surface area contributed by atoms with Crippen molar-refractivity contribution in [1.82, 2.24) is 10.2 Å². The van der Waals surface area contributed by atoms with Gasteiger partial charge in [0, 0.05) is 12.6 Å². The van der Waals surface area contributed by atoms with Crippen LogP contribution in [0.4, 0.5) is 4.79 Å². The number of carbonyl (C=O) groups excluding carboxylic acids is 1. The lowest BCUT2D eigenvalue weighted by Gasteiger charge is -2.32. The summed E-state index contributed by atoms with van der Waals surface area (Å²) in [5, 5.41) is 11.6. The van der Waals surface area contributed by atoms with Gasteiger partial charge in [-0.05, 0) is 31.6 Å². The molecular formula is C13H22N2O3. The van der Waals surface area contributed by atoms with Gasteiger partial charge in [0.05, 0.1) is 0 Å². The van der Waals surface area contributed by atoms with Crippen molar-refractivity contribution in [2.75, 3.05) is 6.54 Å². The Labute approximate surface area is 108 Å². The normalized spacial score (nSPS) is 28.6. The number of aliphatic carboxylic acids is 1. The minimum atomic E-state index is -0.953. The molecule has 0 aromatic carbocycles. The zero-order valence-corrected chi connectivity index (χ0v) is 10.9. The Morgan fingerprint density at radius 3 is 2.72 bits per heavy atom. The van der Waals surface area contributed by atoms with E-state index in [9.17, 15) is 9.59 Å². The van der Waals surface area contributed by atoms with E-state index < -0.39 is 12.0 Å². The molecule has 2 aliphatic rings. The van der Waals surface area contributed by atoms with Crippen LogP contribution in [0.15, 0.2) is 0 Å². The fourth-order valence-corrected chi connectivity index (χ4v) is 3.23. The van der Waals surface area contributed by atoms with Crippen molar-refractivity contribution >= 4 is 12.0 Å². The summed E-state index contributed by atoms with van der Waals surface area (Å²) >= 11 is 0. The number of fused-ring (bicyclic) bond motifs is 1. The van der Waals surface area contributed by atoms with Gasteiger partial charge in [0.15, 0.2) is 0 Å². The highest BCUT2D eigenvalue weighted by Crippen LogP contribution is 2.36. The van der Waals surface area contributed by atoms with Gasteiger partial charge in [-0.25, -0.2) is 9.59 Å². The zero-order valence-electron chi connectivity index (χ0n) is 10.9. The first kappa shape index (κ1) is 13.2. The van der Waals surface area contributed by atoms with Crippen molar-refractivity contribution in [1.29, 1.82) is 0 Å². The van der Waals surface area contributed by atoms with Gasteiger partial charge in [-0.2, -0.15) is 0 Å². The molecule has 0 bridgehead atoms. The van der Waals surface area contributed by atoms with Crippen LogP contribution in [0.25, 0.3) is 0 Å². The number of nitrogens with zero attached hydrogens (tertiary/aromatic N) is 1. The minimum Gasteiger partial charge on any atom is -0.480 e. The predicted molar refractivity (Wildman–Crippen MR) is 67.3 cm³/mol. The first-order chi connectivity index (χ1) is 8.63. The molecular weight excluding hydrogens is 232 g/mol. The standard InChI is InChI=1S/C13H22N2O3/c1-2-10(12(16)17)14-13(18)15-8-7-9-5-3-4-6-11(9)15/h9-11H,2-8H2,1H3,(H,14,18)(H,16,17). The van der Waals surface area contributed by atoms with Gasteiger partial charge < -0.3 is 15.3 Å². The van der Waals surface area contributed by atoms with Crippen LogP contribution in [0.3, 0.4) is 0 Å². The van der Waals surface area contributed by atoms with E-state index in [0.717, 1.165) is 19.4 Å². The van der Waals surface area contributed by atoms with E-state index in [1.165, 1.54) is 19.3 Å². The van der Waals surface area contributed by atoms with Crippen molar-refractivity contribution in [3.8, 4) is 0 Å². The van der Waals surface area contributed by atoms with Gasteiger partial charge >= 0.3 is 12.0 Å². The van der Waals surface area contributed by atoms with Crippen molar-refractivity contribution in [3.63, 3.8) is 0 Å². The van der Waals surface area contributed by atoms with Gasteiger partial charge in [0.1, 0.15) is 6.04 Å². The maximum atomic E-state index is 12.1. The average Bonchev–Trinajstić information content (AvgIpc) is 2.79. The molecule has 2 N–H and O–H groups in total. The lowest BCUT2D eigenvalue weighted by molar-refractivity contribution is -0.139. The van der Waals surface area contributed by atoms with E-state index in [2.05, 4.69) is 5.32 Å². The number of carboxylic acids is 1. The van der Waals surface area contributed by atoms with E-state index in [1.807, 2.05) is 4.90 Å². The first-order valence-electron chi connectivity index (χ1n) is 6.93. The average molecular weight is 254 g/mol. The fourth-order valence-electron chi connectivity index (χ4n) is 3.23. The maximum Gasteiger partial charge on any atom is 0.326 e. The number of amides is 2. The van der Waals surface area contributed by atoms with Crippen LogP contribution in [-0.4, -0.2) is 40.6 Å². The molecule has 5 nitrogen and oxygen atoms in total. The second-order valence-corrected chi connectivity index (χ2v) is 5.34. The molecule has 0 radical (unpaired) electrons. The number of urea groups is 1. The van der Waals surface area contributed by atoms with E-state index >= 15 is 0 Å². The largest absolute Gasteiger partial charge is 0.480 e. The van der Waals surface area contributed by atoms with Crippen molar-refractivity contribution in [2.45, 2.75) is 57.5 Å². The highest BCUT2D eigenvalue weighted by molar-refractivity contribution is 5.82. The number of carboxylic acid groups (broad SMARTS) is 1. The lowest BCUT2D eigenvalue weighted by Crippen LogP contribution is -2.50. The second kappa shape index (κ2) is 5.59. The molecule has 1 heterocycles. The minimum absolute atomic E-state index is 0.196. The number of carbonyl (C=O) groups is 2.